The second kappa shape index (κ2) is 8.99. The number of amides is 1. The summed E-state index contributed by atoms with van der Waals surface area (Å²) in [7, 11) is 0. The van der Waals surface area contributed by atoms with Crippen molar-refractivity contribution in [3.05, 3.63) is 26.6 Å². The minimum absolute atomic E-state index is 0.0605. The van der Waals surface area contributed by atoms with E-state index in [1.165, 1.54) is 12.8 Å². The minimum Gasteiger partial charge on any atom is -0.482 e. The molecule has 0 aromatic heterocycles. The van der Waals surface area contributed by atoms with E-state index >= 15 is 0 Å². The normalized spacial score (nSPS) is 15.0. The molecule has 1 aromatic rings. The van der Waals surface area contributed by atoms with Gasteiger partial charge >= 0.3 is 0 Å². The number of rotatable bonds is 3. The third-order valence-electron chi connectivity index (χ3n) is 3.68. The fourth-order valence-corrected chi connectivity index (χ4v) is 4.37. The van der Waals surface area contributed by atoms with E-state index in [2.05, 4.69) is 42.1 Å². The van der Waals surface area contributed by atoms with E-state index in [0.29, 0.717) is 10.9 Å². The highest BCUT2D eigenvalue weighted by Crippen LogP contribution is 2.32. The summed E-state index contributed by atoms with van der Waals surface area (Å²) in [5.74, 6) is 0.442. The van der Waals surface area contributed by atoms with E-state index in [9.17, 15) is 4.79 Å². The molecule has 0 unspecified atom stereocenters. The molecule has 1 saturated heterocycles. The van der Waals surface area contributed by atoms with E-state index in [4.69, 9.17) is 17.0 Å². The number of carbonyl (C=O) groups is 1. The SMILES string of the molecule is Cc1cc(Br)cc(Br)c1OCC(=O)NC(=S)N1CCCCCC1. The Morgan fingerprint density at radius 1 is 1.26 bits per heavy atom. The smallest absolute Gasteiger partial charge is 0.264 e. The summed E-state index contributed by atoms with van der Waals surface area (Å²) in [4.78, 5) is 14.1. The Kier molecular flexibility index (Phi) is 7.30. The average Bonchev–Trinajstić information content (AvgIpc) is 2.75. The zero-order valence-corrected chi connectivity index (χ0v) is 17.0. The van der Waals surface area contributed by atoms with Crippen molar-refractivity contribution in [2.75, 3.05) is 19.7 Å². The molecular formula is C16H20Br2N2O2S. The molecule has 7 heteroatoms. The lowest BCUT2D eigenvalue weighted by Crippen LogP contribution is -2.44. The largest absolute Gasteiger partial charge is 0.482 e. The van der Waals surface area contributed by atoms with Gasteiger partial charge in [0.15, 0.2) is 11.7 Å². The highest BCUT2D eigenvalue weighted by atomic mass is 79.9. The van der Waals surface area contributed by atoms with E-state index in [0.717, 1.165) is 40.4 Å². The molecule has 1 N–H and O–H groups in total. The van der Waals surface area contributed by atoms with Crippen molar-refractivity contribution >= 4 is 55.1 Å². The number of hydrogen-bond donors (Lipinski definition) is 1. The number of halogens is 2. The van der Waals surface area contributed by atoms with Crippen molar-refractivity contribution < 1.29 is 9.53 Å². The number of ether oxygens (including phenoxy) is 1. The second-order valence-electron chi connectivity index (χ2n) is 5.58. The molecule has 1 aromatic carbocycles. The molecule has 4 nitrogen and oxygen atoms in total. The standard InChI is InChI=1S/C16H20Br2N2O2S/c1-11-8-12(17)9-13(18)15(11)22-10-14(21)19-16(23)20-6-4-2-3-5-7-20/h8-9H,2-7,10H2,1H3,(H,19,21,23). The van der Waals surface area contributed by atoms with Crippen molar-refractivity contribution in [3.8, 4) is 5.75 Å². The molecule has 126 valence electrons. The first-order chi connectivity index (χ1) is 11.0. The number of benzene rings is 1. The first-order valence-corrected chi connectivity index (χ1v) is 9.64. The molecular weight excluding hydrogens is 444 g/mol. The van der Waals surface area contributed by atoms with Crippen LogP contribution in [0.25, 0.3) is 0 Å². The number of carbonyl (C=O) groups excluding carboxylic acids is 1. The van der Waals surface area contributed by atoms with Crippen LogP contribution in [-0.4, -0.2) is 35.6 Å². The average molecular weight is 464 g/mol. The summed E-state index contributed by atoms with van der Waals surface area (Å²) in [6.45, 7) is 3.70. The van der Waals surface area contributed by atoms with Crippen LogP contribution in [0.1, 0.15) is 31.2 Å². The van der Waals surface area contributed by atoms with Crippen LogP contribution in [0.3, 0.4) is 0 Å². The van der Waals surface area contributed by atoms with Crippen LogP contribution in [0.15, 0.2) is 21.1 Å². The number of nitrogens with one attached hydrogen (secondary N) is 1. The van der Waals surface area contributed by atoms with Crippen LogP contribution in [0.2, 0.25) is 0 Å². The molecule has 0 saturated carbocycles. The third kappa shape index (κ3) is 5.72. The van der Waals surface area contributed by atoms with Crippen molar-refractivity contribution in [2.45, 2.75) is 32.6 Å². The van der Waals surface area contributed by atoms with Gasteiger partial charge in [0.05, 0.1) is 4.47 Å². The summed E-state index contributed by atoms with van der Waals surface area (Å²) in [6, 6.07) is 3.84. The number of aryl methyl sites for hydroxylation is 1. The Labute approximate surface area is 159 Å². The van der Waals surface area contributed by atoms with Gasteiger partial charge in [0.25, 0.3) is 5.91 Å². The zero-order chi connectivity index (χ0) is 16.8. The van der Waals surface area contributed by atoms with Gasteiger partial charge in [0, 0.05) is 17.6 Å². The Morgan fingerprint density at radius 2 is 1.91 bits per heavy atom. The first-order valence-electron chi connectivity index (χ1n) is 7.64. The molecule has 1 aliphatic rings. The maximum absolute atomic E-state index is 12.1. The summed E-state index contributed by atoms with van der Waals surface area (Å²) in [6.07, 6.45) is 4.70. The lowest BCUT2D eigenvalue weighted by molar-refractivity contribution is -0.121. The molecule has 1 fully saturated rings. The fourth-order valence-electron chi connectivity index (χ4n) is 2.52. The highest BCUT2D eigenvalue weighted by Gasteiger charge is 2.15. The first kappa shape index (κ1) is 18.7. The van der Waals surface area contributed by atoms with Gasteiger partial charge in [-0.2, -0.15) is 0 Å². The monoisotopic (exact) mass is 462 g/mol. The molecule has 0 aliphatic carbocycles. The topological polar surface area (TPSA) is 41.6 Å². The Hall–Kier alpha value is -0.660. The molecule has 0 spiro atoms. The van der Waals surface area contributed by atoms with E-state index in [-0.39, 0.29) is 12.5 Å². The number of nitrogens with zero attached hydrogens (tertiary/aromatic N) is 1. The zero-order valence-electron chi connectivity index (χ0n) is 13.0. The van der Waals surface area contributed by atoms with Crippen LogP contribution in [-0.2, 0) is 4.79 Å². The van der Waals surface area contributed by atoms with E-state index in [1.807, 2.05) is 19.1 Å². The highest BCUT2D eigenvalue weighted by molar-refractivity contribution is 9.11. The quantitative estimate of drug-likeness (QED) is 0.682. The van der Waals surface area contributed by atoms with Crippen LogP contribution in [0.4, 0.5) is 0 Å². The molecule has 2 rings (SSSR count). The van der Waals surface area contributed by atoms with Crippen LogP contribution >= 0.6 is 44.1 Å². The van der Waals surface area contributed by atoms with Crippen molar-refractivity contribution in [1.82, 2.24) is 10.2 Å². The maximum atomic E-state index is 12.1. The maximum Gasteiger partial charge on any atom is 0.264 e. The van der Waals surface area contributed by atoms with Crippen molar-refractivity contribution in [1.29, 1.82) is 0 Å². The van der Waals surface area contributed by atoms with Crippen molar-refractivity contribution in [3.63, 3.8) is 0 Å². The summed E-state index contributed by atoms with van der Waals surface area (Å²) >= 11 is 12.2. The van der Waals surface area contributed by atoms with Crippen molar-refractivity contribution in [2.24, 2.45) is 0 Å². The molecule has 23 heavy (non-hydrogen) atoms. The van der Waals surface area contributed by atoms with Crippen LogP contribution in [0, 0.1) is 6.92 Å². The number of hydrogen-bond acceptors (Lipinski definition) is 3. The molecule has 1 aliphatic heterocycles. The van der Waals surface area contributed by atoms with E-state index < -0.39 is 0 Å². The minimum atomic E-state index is -0.228. The molecule has 0 radical (unpaired) electrons. The molecule has 1 amide bonds. The molecule has 1 heterocycles. The van der Waals surface area contributed by atoms with Gasteiger partial charge in [0.2, 0.25) is 0 Å². The van der Waals surface area contributed by atoms with Gasteiger partial charge in [-0.3, -0.25) is 4.79 Å². The van der Waals surface area contributed by atoms with Crippen LogP contribution < -0.4 is 10.1 Å². The van der Waals surface area contributed by atoms with Gasteiger partial charge in [-0.25, -0.2) is 0 Å². The Bertz CT molecular complexity index is 564. The number of likely N-dealkylation sites (tertiary alicyclic amines) is 1. The van der Waals surface area contributed by atoms with Crippen LogP contribution in [0.5, 0.6) is 5.75 Å². The summed E-state index contributed by atoms with van der Waals surface area (Å²) < 4.78 is 7.41. The molecule has 0 bridgehead atoms. The van der Waals surface area contributed by atoms with E-state index in [1.54, 1.807) is 0 Å². The van der Waals surface area contributed by atoms with Gasteiger partial charge < -0.3 is 15.0 Å². The molecule has 0 atom stereocenters. The van der Waals surface area contributed by atoms with Gasteiger partial charge in [-0.15, -0.1) is 0 Å². The predicted molar refractivity (Wildman–Crippen MR) is 103 cm³/mol. The predicted octanol–water partition coefficient (Wildman–Crippen LogP) is 4.18. The summed E-state index contributed by atoms with van der Waals surface area (Å²) in [5, 5.41) is 3.27. The Morgan fingerprint density at radius 3 is 2.52 bits per heavy atom. The second-order valence-corrected chi connectivity index (χ2v) is 7.73. The Balaban J connectivity index is 1.86. The third-order valence-corrected chi connectivity index (χ3v) is 5.09. The fraction of sp³-hybridized carbons (Fsp3) is 0.500. The number of thiocarbonyl (C=S) groups is 1. The van der Waals surface area contributed by atoms with Gasteiger partial charge in [-0.05, 0) is 65.6 Å². The lowest BCUT2D eigenvalue weighted by Gasteiger charge is -2.23. The van der Waals surface area contributed by atoms with Gasteiger partial charge in [0.1, 0.15) is 5.75 Å². The summed E-state index contributed by atoms with van der Waals surface area (Å²) in [5.41, 5.74) is 0.953. The lowest BCUT2D eigenvalue weighted by atomic mass is 10.2. The van der Waals surface area contributed by atoms with Gasteiger partial charge in [-0.1, -0.05) is 28.8 Å².